The first-order valence-electron chi connectivity index (χ1n) is 14.1. The van der Waals surface area contributed by atoms with Gasteiger partial charge in [0.05, 0.1) is 16.3 Å². The van der Waals surface area contributed by atoms with E-state index in [-0.39, 0.29) is 5.41 Å². The number of anilines is 2. The number of aromatic nitrogens is 4. The predicted molar refractivity (Wildman–Crippen MR) is 178 cm³/mol. The highest BCUT2D eigenvalue weighted by molar-refractivity contribution is 14.2. The van der Waals surface area contributed by atoms with Crippen LogP contribution in [0.15, 0.2) is 36.7 Å². The SMILES string of the molecule is Cc1ccc(C(C)C)cc1N1CCc2nc(-c3c(Cl)cnc4c3ccn4SI)nc(N3CCCC(C)(C)C3)c2C1. The molecule has 0 atom stereocenters. The zero-order chi connectivity index (χ0) is 28.2. The number of fused-ring (bicyclic) bond motifs is 2. The van der Waals surface area contributed by atoms with Crippen LogP contribution in [0.2, 0.25) is 5.02 Å². The second-order valence-corrected chi connectivity index (χ2v) is 14.4. The second kappa shape index (κ2) is 11.0. The van der Waals surface area contributed by atoms with Gasteiger partial charge >= 0.3 is 0 Å². The summed E-state index contributed by atoms with van der Waals surface area (Å²) in [6.45, 7) is 15.2. The van der Waals surface area contributed by atoms with Gasteiger partial charge in [-0.15, -0.1) is 0 Å². The summed E-state index contributed by atoms with van der Waals surface area (Å²) in [5, 5.41) is 1.58. The van der Waals surface area contributed by atoms with Crippen LogP contribution in [0, 0.1) is 12.3 Å². The number of rotatable bonds is 5. The van der Waals surface area contributed by atoms with Gasteiger partial charge in [0.15, 0.2) is 11.5 Å². The van der Waals surface area contributed by atoms with E-state index >= 15 is 0 Å². The normalized spacial score (nSPS) is 17.1. The lowest BCUT2D eigenvalue weighted by Gasteiger charge is -2.41. The number of piperidine rings is 1. The van der Waals surface area contributed by atoms with Gasteiger partial charge in [0.1, 0.15) is 5.82 Å². The third kappa shape index (κ3) is 5.20. The molecule has 0 amide bonds. The largest absolute Gasteiger partial charge is 0.366 e. The lowest BCUT2D eigenvalue weighted by atomic mass is 9.84. The summed E-state index contributed by atoms with van der Waals surface area (Å²) in [4.78, 5) is 20.2. The summed E-state index contributed by atoms with van der Waals surface area (Å²) in [5.74, 6) is 2.27. The van der Waals surface area contributed by atoms with E-state index in [1.54, 1.807) is 15.3 Å². The fourth-order valence-electron chi connectivity index (χ4n) is 6.23. The molecule has 6 nitrogen and oxygen atoms in total. The molecule has 5 heterocycles. The molecule has 2 aliphatic rings. The summed E-state index contributed by atoms with van der Waals surface area (Å²) < 4.78 is 2.05. The Bertz CT molecular complexity index is 1580. The number of halogens is 2. The van der Waals surface area contributed by atoms with E-state index in [2.05, 4.69) is 94.9 Å². The average Bonchev–Trinajstić information content (AvgIpc) is 3.34. The lowest BCUT2D eigenvalue weighted by molar-refractivity contribution is 0.291. The molecule has 2 aliphatic heterocycles. The van der Waals surface area contributed by atoms with E-state index < -0.39 is 0 Å². The molecule has 0 aliphatic carbocycles. The Kier molecular flexibility index (Phi) is 7.72. The summed E-state index contributed by atoms with van der Waals surface area (Å²) in [6.07, 6.45) is 7.04. The fourth-order valence-corrected chi connectivity index (χ4v) is 7.73. The van der Waals surface area contributed by atoms with Gasteiger partial charge in [-0.2, -0.15) is 0 Å². The summed E-state index contributed by atoms with van der Waals surface area (Å²) in [7, 11) is 1.59. The van der Waals surface area contributed by atoms with Crippen molar-refractivity contribution in [2.24, 2.45) is 5.41 Å². The molecule has 1 aromatic carbocycles. The van der Waals surface area contributed by atoms with Crippen molar-refractivity contribution in [3.8, 4) is 11.4 Å². The van der Waals surface area contributed by atoms with Crippen LogP contribution in [0.1, 0.15) is 68.8 Å². The highest BCUT2D eigenvalue weighted by atomic mass is 127. The Morgan fingerprint density at radius 3 is 2.67 bits per heavy atom. The summed E-state index contributed by atoms with van der Waals surface area (Å²) in [6, 6.07) is 8.99. The molecule has 210 valence electrons. The number of benzene rings is 1. The van der Waals surface area contributed by atoms with Crippen molar-refractivity contribution in [1.29, 1.82) is 0 Å². The van der Waals surface area contributed by atoms with Crippen molar-refractivity contribution in [1.82, 2.24) is 18.9 Å². The van der Waals surface area contributed by atoms with Crippen LogP contribution in [-0.4, -0.2) is 38.6 Å². The van der Waals surface area contributed by atoms with Crippen molar-refractivity contribution in [2.75, 3.05) is 29.4 Å². The van der Waals surface area contributed by atoms with Crippen LogP contribution in [0.25, 0.3) is 22.4 Å². The topological polar surface area (TPSA) is 50.1 Å². The van der Waals surface area contributed by atoms with Crippen molar-refractivity contribution in [2.45, 2.75) is 66.3 Å². The minimum atomic E-state index is 0.239. The molecule has 1 fully saturated rings. The summed E-state index contributed by atoms with van der Waals surface area (Å²) >= 11 is 9.11. The smallest absolute Gasteiger partial charge is 0.164 e. The molecule has 6 rings (SSSR count). The molecule has 1 saturated heterocycles. The van der Waals surface area contributed by atoms with Crippen molar-refractivity contribution < 1.29 is 0 Å². The molecule has 0 spiro atoms. The molecular formula is C31H36ClIN6S. The molecule has 40 heavy (non-hydrogen) atoms. The Labute approximate surface area is 258 Å². The maximum Gasteiger partial charge on any atom is 0.164 e. The zero-order valence-electron chi connectivity index (χ0n) is 23.8. The molecule has 0 bridgehead atoms. The first-order valence-corrected chi connectivity index (χ1v) is 17.8. The van der Waals surface area contributed by atoms with Gasteiger partial charge in [0, 0.05) is 92.0 Å². The van der Waals surface area contributed by atoms with Gasteiger partial charge in [-0.3, -0.25) is 3.97 Å². The number of hydrogen-bond donors (Lipinski definition) is 0. The minimum absolute atomic E-state index is 0.239. The van der Waals surface area contributed by atoms with Crippen LogP contribution in [0.5, 0.6) is 0 Å². The second-order valence-electron chi connectivity index (χ2n) is 12.3. The van der Waals surface area contributed by atoms with Crippen LogP contribution in [0.4, 0.5) is 11.5 Å². The molecule has 9 heteroatoms. The van der Waals surface area contributed by atoms with Crippen LogP contribution >= 0.6 is 41.9 Å². The number of hydrogen-bond acceptors (Lipinski definition) is 6. The fraction of sp³-hybridized carbons (Fsp3) is 0.452. The van der Waals surface area contributed by atoms with Crippen LogP contribution in [0.3, 0.4) is 0 Å². The van der Waals surface area contributed by atoms with Crippen molar-refractivity contribution >= 4 is 64.5 Å². The predicted octanol–water partition coefficient (Wildman–Crippen LogP) is 8.61. The first kappa shape index (κ1) is 28.1. The third-order valence-electron chi connectivity index (χ3n) is 8.41. The van der Waals surface area contributed by atoms with E-state index in [9.17, 15) is 0 Å². The standard InChI is InChI=1S/C31H36ClIN6S/c1-19(2)21-8-7-20(3)26(15-21)37-13-10-25-23(17-37)30(38-12-6-11-31(4,5)18-38)36-28(35-25)27-22-9-14-39(40-33)29(22)34-16-24(27)32/h7-9,14-16,19H,6,10-13,17-18H2,1-5H3. The molecule has 4 aromatic rings. The highest BCUT2D eigenvalue weighted by Gasteiger charge is 2.32. The molecule has 3 aromatic heterocycles. The third-order valence-corrected chi connectivity index (χ3v) is 10.4. The van der Waals surface area contributed by atoms with Gasteiger partial charge in [-0.25, -0.2) is 15.0 Å². The molecule has 0 radical (unpaired) electrons. The Hall–Kier alpha value is -2.04. The molecule has 0 N–H and O–H groups in total. The average molecular weight is 687 g/mol. The molecule has 0 unspecified atom stereocenters. The van der Waals surface area contributed by atoms with E-state index in [4.69, 9.17) is 21.6 Å². The van der Waals surface area contributed by atoms with Crippen LogP contribution in [-0.2, 0) is 13.0 Å². The van der Waals surface area contributed by atoms with Crippen LogP contribution < -0.4 is 9.80 Å². The Balaban J connectivity index is 1.49. The monoisotopic (exact) mass is 686 g/mol. The summed E-state index contributed by atoms with van der Waals surface area (Å²) in [5.41, 5.74) is 8.40. The van der Waals surface area contributed by atoms with Gasteiger partial charge in [0.2, 0.25) is 0 Å². The highest BCUT2D eigenvalue weighted by Crippen LogP contribution is 2.40. The van der Waals surface area contributed by atoms with E-state index in [1.165, 1.54) is 28.8 Å². The maximum absolute atomic E-state index is 6.84. The number of aryl methyl sites for hydroxylation is 1. The van der Waals surface area contributed by atoms with Gasteiger partial charge in [-0.1, -0.05) is 51.4 Å². The molecular weight excluding hydrogens is 651 g/mol. The first-order chi connectivity index (χ1) is 19.1. The van der Waals surface area contributed by atoms with E-state index in [1.807, 2.05) is 10.2 Å². The van der Waals surface area contributed by atoms with Crippen molar-refractivity contribution in [3.63, 3.8) is 0 Å². The maximum atomic E-state index is 6.84. The van der Waals surface area contributed by atoms with E-state index in [0.717, 1.165) is 67.1 Å². The number of pyridine rings is 1. The lowest BCUT2D eigenvalue weighted by Crippen LogP contribution is -2.42. The van der Waals surface area contributed by atoms with Gasteiger partial charge < -0.3 is 9.80 Å². The minimum Gasteiger partial charge on any atom is -0.366 e. The van der Waals surface area contributed by atoms with Crippen molar-refractivity contribution in [3.05, 3.63) is 64.1 Å². The van der Waals surface area contributed by atoms with Gasteiger partial charge in [-0.05, 0) is 54.4 Å². The Morgan fingerprint density at radius 2 is 1.93 bits per heavy atom. The Morgan fingerprint density at radius 1 is 1.10 bits per heavy atom. The van der Waals surface area contributed by atoms with Gasteiger partial charge in [0.25, 0.3) is 0 Å². The zero-order valence-corrected chi connectivity index (χ0v) is 27.6. The van der Waals surface area contributed by atoms with E-state index in [0.29, 0.717) is 16.8 Å². The quantitative estimate of drug-likeness (QED) is 0.196. The number of nitrogens with zero attached hydrogens (tertiary/aromatic N) is 6. The molecule has 0 saturated carbocycles.